The topological polar surface area (TPSA) is 48.0 Å². The smallest absolute Gasteiger partial charge is 0.209 e. The third-order valence-electron chi connectivity index (χ3n) is 3.33. The second-order valence-electron chi connectivity index (χ2n) is 4.39. The van der Waals surface area contributed by atoms with E-state index in [1.165, 1.54) is 0 Å². The molecule has 0 amide bonds. The lowest BCUT2D eigenvalue weighted by Crippen LogP contribution is -2.09. The quantitative estimate of drug-likeness (QED) is 0.797. The van der Waals surface area contributed by atoms with Crippen LogP contribution in [0.2, 0.25) is 0 Å². The lowest BCUT2D eigenvalue weighted by Gasteiger charge is -2.05. The Bertz CT molecular complexity index is 557. The first-order valence-corrected chi connectivity index (χ1v) is 5.82. The van der Waals surface area contributed by atoms with Gasteiger partial charge in [-0.05, 0) is 18.6 Å². The number of carbonyl (C=O) groups is 1. The van der Waals surface area contributed by atoms with Crippen molar-refractivity contribution in [2.24, 2.45) is 5.73 Å². The van der Waals surface area contributed by atoms with E-state index in [1.54, 1.807) is 0 Å². The van der Waals surface area contributed by atoms with Crippen LogP contribution in [0.3, 0.4) is 0 Å². The van der Waals surface area contributed by atoms with Crippen LogP contribution in [0.15, 0.2) is 42.5 Å². The summed E-state index contributed by atoms with van der Waals surface area (Å²) in [6.45, 7) is 0.845. The number of ketones is 1. The Morgan fingerprint density at radius 1 is 1.18 bits per heavy atom. The van der Waals surface area contributed by atoms with E-state index in [0.717, 1.165) is 29.9 Å². The summed E-state index contributed by atoms with van der Waals surface area (Å²) in [5.74, 6) is 0.0750. The van der Waals surface area contributed by atoms with Crippen LogP contribution in [-0.4, -0.2) is 10.4 Å². The zero-order valence-corrected chi connectivity index (χ0v) is 9.47. The minimum Gasteiger partial charge on any atom is -0.340 e. The number of hydrogen-bond donors (Lipinski definition) is 1. The SMILES string of the molecule is NC1CCn2c(C(=O)c3ccccc3)ccc21. The number of benzene rings is 1. The summed E-state index contributed by atoms with van der Waals surface area (Å²) < 4.78 is 2.04. The highest BCUT2D eigenvalue weighted by Crippen LogP contribution is 2.27. The van der Waals surface area contributed by atoms with Crippen LogP contribution in [0.5, 0.6) is 0 Å². The van der Waals surface area contributed by atoms with Gasteiger partial charge >= 0.3 is 0 Å². The second kappa shape index (κ2) is 3.86. The summed E-state index contributed by atoms with van der Waals surface area (Å²) >= 11 is 0. The number of carbonyl (C=O) groups excluding carboxylic acids is 1. The average Bonchev–Trinajstić information content (AvgIpc) is 2.93. The van der Waals surface area contributed by atoms with Gasteiger partial charge in [0.25, 0.3) is 0 Å². The molecule has 0 spiro atoms. The molecule has 2 N–H and O–H groups in total. The molecule has 2 heterocycles. The van der Waals surface area contributed by atoms with E-state index in [0.29, 0.717) is 0 Å². The van der Waals surface area contributed by atoms with Crippen LogP contribution >= 0.6 is 0 Å². The van der Waals surface area contributed by atoms with Crippen molar-refractivity contribution in [1.82, 2.24) is 4.57 Å². The van der Waals surface area contributed by atoms with Gasteiger partial charge in [0.05, 0.1) is 5.69 Å². The van der Waals surface area contributed by atoms with E-state index >= 15 is 0 Å². The first kappa shape index (κ1) is 10.3. The molecule has 1 aliphatic heterocycles. The van der Waals surface area contributed by atoms with E-state index in [4.69, 9.17) is 5.73 Å². The molecule has 3 rings (SSSR count). The summed E-state index contributed by atoms with van der Waals surface area (Å²) in [5.41, 5.74) is 8.52. The predicted molar refractivity (Wildman–Crippen MR) is 65.9 cm³/mol. The van der Waals surface area contributed by atoms with Gasteiger partial charge in [0, 0.05) is 23.8 Å². The Labute approximate surface area is 99.9 Å². The van der Waals surface area contributed by atoms with E-state index in [-0.39, 0.29) is 11.8 Å². The molecule has 1 atom stereocenters. The van der Waals surface area contributed by atoms with Crippen molar-refractivity contribution >= 4 is 5.78 Å². The van der Waals surface area contributed by atoms with E-state index < -0.39 is 0 Å². The standard InChI is InChI=1S/C14H14N2O/c15-11-8-9-16-12(11)6-7-13(16)14(17)10-4-2-1-3-5-10/h1-7,11H,8-9,15H2. The van der Waals surface area contributed by atoms with Crippen LogP contribution in [0.4, 0.5) is 0 Å². The molecule has 0 radical (unpaired) electrons. The van der Waals surface area contributed by atoms with E-state index in [1.807, 2.05) is 47.0 Å². The van der Waals surface area contributed by atoms with Gasteiger partial charge in [-0.25, -0.2) is 0 Å². The molecule has 1 aromatic heterocycles. The van der Waals surface area contributed by atoms with Gasteiger partial charge in [-0.2, -0.15) is 0 Å². The fourth-order valence-corrected chi connectivity index (χ4v) is 2.41. The molecule has 1 aliphatic rings. The molecule has 0 saturated heterocycles. The molecule has 0 saturated carbocycles. The monoisotopic (exact) mass is 226 g/mol. The number of rotatable bonds is 2. The van der Waals surface area contributed by atoms with Crippen molar-refractivity contribution in [2.45, 2.75) is 19.0 Å². The average molecular weight is 226 g/mol. The Morgan fingerprint density at radius 2 is 1.94 bits per heavy atom. The maximum Gasteiger partial charge on any atom is 0.209 e. The highest BCUT2D eigenvalue weighted by atomic mass is 16.1. The molecule has 86 valence electrons. The number of hydrogen-bond acceptors (Lipinski definition) is 2. The van der Waals surface area contributed by atoms with Crippen molar-refractivity contribution in [3.8, 4) is 0 Å². The maximum absolute atomic E-state index is 12.3. The van der Waals surface area contributed by atoms with Crippen molar-refractivity contribution in [3.05, 3.63) is 59.4 Å². The zero-order chi connectivity index (χ0) is 11.8. The summed E-state index contributed by atoms with van der Waals surface area (Å²) in [6.07, 6.45) is 0.922. The Morgan fingerprint density at radius 3 is 2.71 bits per heavy atom. The second-order valence-corrected chi connectivity index (χ2v) is 4.39. The fraction of sp³-hybridized carbons (Fsp3) is 0.214. The third-order valence-corrected chi connectivity index (χ3v) is 3.33. The number of aromatic nitrogens is 1. The minimum absolute atomic E-state index is 0.0750. The van der Waals surface area contributed by atoms with Gasteiger partial charge in [0.15, 0.2) is 0 Å². The maximum atomic E-state index is 12.3. The highest BCUT2D eigenvalue weighted by Gasteiger charge is 2.24. The largest absolute Gasteiger partial charge is 0.340 e. The minimum atomic E-state index is 0.0750. The molecule has 0 bridgehead atoms. The van der Waals surface area contributed by atoms with Crippen molar-refractivity contribution < 1.29 is 4.79 Å². The van der Waals surface area contributed by atoms with Gasteiger partial charge in [0.2, 0.25) is 5.78 Å². The summed E-state index contributed by atoms with van der Waals surface area (Å²) in [5, 5.41) is 0. The van der Waals surface area contributed by atoms with Gasteiger partial charge < -0.3 is 10.3 Å². The molecule has 0 fully saturated rings. The fourth-order valence-electron chi connectivity index (χ4n) is 2.41. The Balaban J connectivity index is 2.01. The van der Waals surface area contributed by atoms with Gasteiger partial charge in [-0.1, -0.05) is 30.3 Å². The van der Waals surface area contributed by atoms with Crippen molar-refractivity contribution in [1.29, 1.82) is 0 Å². The highest BCUT2D eigenvalue weighted by molar-refractivity contribution is 6.08. The number of nitrogens with two attached hydrogens (primary N) is 1. The number of fused-ring (bicyclic) bond motifs is 1. The molecule has 3 nitrogen and oxygen atoms in total. The Kier molecular flexibility index (Phi) is 2.34. The zero-order valence-electron chi connectivity index (χ0n) is 9.47. The van der Waals surface area contributed by atoms with Crippen LogP contribution in [0, 0.1) is 0 Å². The molecule has 2 aromatic rings. The molecule has 3 heteroatoms. The van der Waals surface area contributed by atoms with Crippen LogP contribution < -0.4 is 5.73 Å². The third kappa shape index (κ3) is 1.59. The molecule has 17 heavy (non-hydrogen) atoms. The van der Waals surface area contributed by atoms with Crippen LogP contribution in [0.25, 0.3) is 0 Å². The molecule has 1 unspecified atom stereocenters. The van der Waals surface area contributed by atoms with Gasteiger partial charge in [0.1, 0.15) is 0 Å². The molecular weight excluding hydrogens is 212 g/mol. The molecule has 1 aromatic carbocycles. The van der Waals surface area contributed by atoms with Crippen molar-refractivity contribution in [3.63, 3.8) is 0 Å². The predicted octanol–water partition coefficient (Wildman–Crippen LogP) is 2.12. The van der Waals surface area contributed by atoms with E-state index in [2.05, 4.69) is 0 Å². The lowest BCUT2D eigenvalue weighted by atomic mass is 10.1. The van der Waals surface area contributed by atoms with Crippen LogP contribution in [-0.2, 0) is 6.54 Å². The normalized spacial score (nSPS) is 18.1. The first-order valence-electron chi connectivity index (χ1n) is 5.82. The summed E-state index contributed by atoms with van der Waals surface area (Å²) in [6, 6.07) is 13.3. The van der Waals surface area contributed by atoms with Crippen molar-refractivity contribution in [2.75, 3.05) is 0 Å². The summed E-state index contributed by atoms with van der Waals surface area (Å²) in [7, 11) is 0. The first-order chi connectivity index (χ1) is 8.27. The molecular formula is C14H14N2O. The van der Waals surface area contributed by atoms with E-state index in [9.17, 15) is 4.79 Å². The molecule has 0 aliphatic carbocycles. The van der Waals surface area contributed by atoms with Crippen LogP contribution in [0.1, 0.15) is 34.2 Å². The lowest BCUT2D eigenvalue weighted by molar-refractivity contribution is 0.103. The summed E-state index contributed by atoms with van der Waals surface area (Å²) in [4.78, 5) is 12.3. The van der Waals surface area contributed by atoms with Gasteiger partial charge in [-0.3, -0.25) is 4.79 Å². The van der Waals surface area contributed by atoms with Gasteiger partial charge in [-0.15, -0.1) is 0 Å². The Hall–Kier alpha value is -1.87. The number of nitrogens with zero attached hydrogens (tertiary/aromatic N) is 1.